The van der Waals surface area contributed by atoms with Crippen molar-refractivity contribution in [1.29, 1.82) is 0 Å². The van der Waals surface area contributed by atoms with Gasteiger partial charge in [-0.15, -0.1) is 0 Å². The number of hydrogen-bond acceptors (Lipinski definition) is 6. The maximum atomic E-state index is 13.1. The summed E-state index contributed by atoms with van der Waals surface area (Å²) in [5, 5.41) is 6.96. The van der Waals surface area contributed by atoms with Crippen molar-refractivity contribution in [2.75, 3.05) is 6.54 Å². The Morgan fingerprint density at radius 3 is 2.73 bits per heavy atom. The number of piperidine rings is 1. The summed E-state index contributed by atoms with van der Waals surface area (Å²) in [5.41, 5.74) is 0.754. The summed E-state index contributed by atoms with van der Waals surface area (Å²) in [4.78, 5) is 21.4. The van der Waals surface area contributed by atoms with Gasteiger partial charge in [-0.05, 0) is 31.0 Å². The maximum absolute atomic E-state index is 13.1. The molecule has 1 fully saturated rings. The lowest BCUT2D eigenvalue weighted by molar-refractivity contribution is -0.125. The van der Waals surface area contributed by atoms with Crippen molar-refractivity contribution in [1.82, 2.24) is 29.4 Å². The number of nitrogens with zero attached hydrogens (tertiary/aromatic N) is 5. The molecule has 1 atom stereocenters. The number of benzene rings is 1. The topological polar surface area (TPSA) is 110 Å². The molecule has 1 aliphatic rings. The number of carbonyl (C=O) groups is 1. The number of pyridine rings is 1. The minimum Gasteiger partial charge on any atom is -0.350 e. The fraction of sp³-hybridized carbons (Fsp3) is 0.300. The monoisotopic (exact) mass is 426 g/mol. The molecule has 156 valence electrons. The van der Waals surface area contributed by atoms with Gasteiger partial charge >= 0.3 is 0 Å². The largest absolute Gasteiger partial charge is 0.350 e. The molecular formula is C20H22N6O3S. The van der Waals surface area contributed by atoms with Crippen LogP contribution in [0.3, 0.4) is 0 Å². The predicted octanol–water partition coefficient (Wildman–Crippen LogP) is 1.52. The molecular weight excluding hydrogens is 404 g/mol. The highest BCUT2D eigenvalue weighted by Crippen LogP contribution is 2.25. The molecule has 0 spiro atoms. The lowest BCUT2D eigenvalue weighted by atomic mass is 10.0. The molecule has 1 N–H and O–H groups in total. The second kappa shape index (κ2) is 8.72. The van der Waals surface area contributed by atoms with E-state index in [-0.39, 0.29) is 17.3 Å². The van der Waals surface area contributed by atoms with Crippen LogP contribution in [0.5, 0.6) is 0 Å². The Hall–Kier alpha value is -3.11. The Bertz CT molecular complexity index is 1100. The third kappa shape index (κ3) is 4.10. The minimum atomic E-state index is -3.75. The molecule has 1 amide bonds. The number of amides is 1. The Balaban J connectivity index is 1.52. The fourth-order valence-corrected chi connectivity index (χ4v) is 5.25. The number of hydrogen-bond donors (Lipinski definition) is 1. The molecule has 10 heteroatoms. The fourth-order valence-electron chi connectivity index (χ4n) is 3.57. The van der Waals surface area contributed by atoms with Crippen LogP contribution in [0, 0.1) is 0 Å². The van der Waals surface area contributed by atoms with Crippen molar-refractivity contribution in [2.24, 2.45) is 0 Å². The van der Waals surface area contributed by atoms with E-state index >= 15 is 0 Å². The van der Waals surface area contributed by atoms with Gasteiger partial charge in [-0.3, -0.25) is 4.79 Å². The van der Waals surface area contributed by atoms with Crippen LogP contribution in [0.2, 0.25) is 0 Å². The highest BCUT2D eigenvalue weighted by atomic mass is 32.2. The quantitative estimate of drug-likeness (QED) is 0.640. The second-order valence-electron chi connectivity index (χ2n) is 6.98. The van der Waals surface area contributed by atoms with Gasteiger partial charge in [-0.2, -0.15) is 9.40 Å². The van der Waals surface area contributed by atoms with Gasteiger partial charge in [0.2, 0.25) is 15.9 Å². The number of sulfonamides is 1. The molecule has 0 bridgehead atoms. The first-order chi connectivity index (χ1) is 14.6. The molecule has 3 aromatic rings. The van der Waals surface area contributed by atoms with Gasteiger partial charge in [0.1, 0.15) is 18.7 Å². The third-order valence-corrected chi connectivity index (χ3v) is 6.98. The summed E-state index contributed by atoms with van der Waals surface area (Å²) in [6.07, 6.45) is 6.59. The maximum Gasteiger partial charge on any atom is 0.243 e. The van der Waals surface area contributed by atoms with Gasteiger partial charge in [0.05, 0.1) is 4.90 Å². The van der Waals surface area contributed by atoms with Crippen molar-refractivity contribution in [3.63, 3.8) is 0 Å². The van der Waals surface area contributed by atoms with Crippen molar-refractivity contribution >= 4 is 15.9 Å². The smallest absolute Gasteiger partial charge is 0.243 e. The summed E-state index contributed by atoms with van der Waals surface area (Å²) >= 11 is 0. The average Bonchev–Trinajstić information content (AvgIpc) is 3.33. The van der Waals surface area contributed by atoms with Crippen LogP contribution in [0.25, 0.3) is 5.82 Å². The molecule has 1 aromatic carbocycles. The number of rotatable bonds is 6. The third-order valence-electron chi connectivity index (χ3n) is 5.06. The summed E-state index contributed by atoms with van der Waals surface area (Å²) in [7, 11) is -3.75. The van der Waals surface area contributed by atoms with E-state index in [1.165, 1.54) is 21.6 Å². The first-order valence-corrected chi connectivity index (χ1v) is 11.1. The van der Waals surface area contributed by atoms with Crippen LogP contribution in [0.15, 0.2) is 66.2 Å². The normalized spacial score (nSPS) is 17.5. The van der Waals surface area contributed by atoms with Crippen LogP contribution >= 0.6 is 0 Å². The van der Waals surface area contributed by atoms with Gasteiger partial charge in [0.15, 0.2) is 5.82 Å². The van der Waals surface area contributed by atoms with E-state index < -0.39 is 16.1 Å². The number of carbonyl (C=O) groups excluding carboxylic acids is 1. The van der Waals surface area contributed by atoms with Gasteiger partial charge in [0, 0.05) is 24.8 Å². The summed E-state index contributed by atoms with van der Waals surface area (Å²) in [5.74, 6) is 0.246. The van der Waals surface area contributed by atoms with E-state index in [2.05, 4.69) is 20.4 Å². The van der Waals surface area contributed by atoms with Crippen LogP contribution in [0.1, 0.15) is 24.8 Å². The van der Waals surface area contributed by atoms with Crippen LogP contribution in [-0.2, 0) is 21.4 Å². The van der Waals surface area contributed by atoms with E-state index in [1.54, 1.807) is 42.6 Å². The van der Waals surface area contributed by atoms with Crippen molar-refractivity contribution < 1.29 is 13.2 Å². The molecule has 0 radical (unpaired) electrons. The van der Waals surface area contributed by atoms with E-state index in [1.807, 2.05) is 6.07 Å². The van der Waals surface area contributed by atoms with Gasteiger partial charge in [-0.1, -0.05) is 30.7 Å². The molecule has 3 heterocycles. The van der Waals surface area contributed by atoms with Crippen molar-refractivity contribution in [3.05, 3.63) is 66.9 Å². The first-order valence-electron chi connectivity index (χ1n) is 9.71. The molecule has 0 unspecified atom stereocenters. The van der Waals surface area contributed by atoms with Crippen molar-refractivity contribution in [3.8, 4) is 5.82 Å². The lowest BCUT2D eigenvalue weighted by Gasteiger charge is -2.33. The van der Waals surface area contributed by atoms with Gasteiger partial charge in [-0.25, -0.2) is 23.1 Å². The Labute approximate surface area is 174 Å². The molecule has 0 aliphatic carbocycles. The number of aromatic nitrogens is 4. The van der Waals surface area contributed by atoms with Crippen LogP contribution in [0.4, 0.5) is 0 Å². The Morgan fingerprint density at radius 1 is 1.13 bits per heavy atom. The standard InChI is InChI=1S/C20H22N6O3S/c27-20(23-13-16-7-6-11-22-19(16)25-15-21-14-24-25)18-10-4-5-12-26(18)30(28,29)17-8-2-1-3-9-17/h1-3,6-9,11,14-15,18H,4-5,10,12-13H2,(H,23,27)/t18-/m1/s1. The highest BCUT2D eigenvalue weighted by Gasteiger charge is 2.37. The van der Waals surface area contributed by atoms with Crippen LogP contribution in [-0.4, -0.2) is 51.0 Å². The Morgan fingerprint density at radius 2 is 1.97 bits per heavy atom. The van der Waals surface area contributed by atoms with E-state index in [9.17, 15) is 13.2 Å². The highest BCUT2D eigenvalue weighted by molar-refractivity contribution is 7.89. The minimum absolute atomic E-state index is 0.199. The lowest BCUT2D eigenvalue weighted by Crippen LogP contribution is -2.51. The van der Waals surface area contributed by atoms with Gasteiger partial charge < -0.3 is 5.32 Å². The molecule has 30 heavy (non-hydrogen) atoms. The van der Waals surface area contributed by atoms with Gasteiger partial charge in [0.25, 0.3) is 0 Å². The van der Waals surface area contributed by atoms with Crippen molar-refractivity contribution in [2.45, 2.75) is 36.7 Å². The zero-order valence-electron chi connectivity index (χ0n) is 16.3. The molecule has 1 aliphatic heterocycles. The zero-order valence-corrected chi connectivity index (χ0v) is 17.1. The van der Waals surface area contributed by atoms with E-state index in [0.717, 1.165) is 18.4 Å². The summed E-state index contributed by atoms with van der Waals surface area (Å²) < 4.78 is 29.1. The molecule has 2 aromatic heterocycles. The Kier molecular flexibility index (Phi) is 5.86. The predicted molar refractivity (Wildman–Crippen MR) is 109 cm³/mol. The summed E-state index contributed by atoms with van der Waals surface area (Å²) in [6.45, 7) is 0.532. The molecule has 9 nitrogen and oxygen atoms in total. The second-order valence-corrected chi connectivity index (χ2v) is 8.87. The molecule has 0 saturated carbocycles. The average molecular weight is 427 g/mol. The van der Waals surface area contributed by atoms with Crippen LogP contribution < -0.4 is 5.32 Å². The summed E-state index contributed by atoms with van der Waals surface area (Å²) in [6, 6.07) is 11.1. The first kappa shape index (κ1) is 20.2. The van der Waals surface area contributed by atoms with E-state index in [4.69, 9.17) is 0 Å². The molecule has 4 rings (SSSR count). The molecule has 1 saturated heterocycles. The number of nitrogens with one attached hydrogen (secondary N) is 1. The van der Waals surface area contributed by atoms with E-state index in [0.29, 0.717) is 18.8 Å². The SMILES string of the molecule is O=C(NCc1cccnc1-n1cncn1)[C@H]1CCCCN1S(=O)(=O)c1ccccc1. The zero-order chi connectivity index (χ0) is 21.0.